The van der Waals surface area contributed by atoms with Crippen molar-refractivity contribution in [1.29, 1.82) is 0 Å². The monoisotopic (exact) mass is 296 g/mol. The minimum atomic E-state index is -0.0102. The number of thiophene rings is 1. The van der Waals surface area contributed by atoms with E-state index in [-0.39, 0.29) is 11.9 Å². The van der Waals surface area contributed by atoms with Gasteiger partial charge in [-0.2, -0.15) is 0 Å². The zero-order chi connectivity index (χ0) is 14.9. The fourth-order valence-corrected chi connectivity index (χ4v) is 3.36. The molecule has 4 nitrogen and oxygen atoms in total. The minimum Gasteiger partial charge on any atom is -0.486 e. The molecule has 5 heteroatoms. The van der Waals surface area contributed by atoms with Crippen molar-refractivity contribution in [3.05, 3.63) is 4.88 Å². The first kappa shape index (κ1) is 15.2. The van der Waals surface area contributed by atoms with Gasteiger partial charge in [0.2, 0.25) is 0 Å². The van der Waals surface area contributed by atoms with Gasteiger partial charge in [-0.05, 0) is 32.1 Å². The SMILES string of the molecule is CC(=O)c1sc(NCC2(C)CCC2)c(OC(C)C)c1N. The number of anilines is 2. The molecule has 0 amide bonds. The molecular weight excluding hydrogens is 272 g/mol. The molecule has 1 aromatic heterocycles. The number of hydrogen-bond acceptors (Lipinski definition) is 5. The lowest BCUT2D eigenvalue weighted by molar-refractivity contribution is 0.102. The molecule has 20 heavy (non-hydrogen) atoms. The molecule has 0 aliphatic heterocycles. The number of carbonyl (C=O) groups is 1. The van der Waals surface area contributed by atoms with Crippen molar-refractivity contribution in [2.75, 3.05) is 17.6 Å². The molecule has 1 saturated carbocycles. The van der Waals surface area contributed by atoms with Gasteiger partial charge in [0.25, 0.3) is 0 Å². The Balaban J connectivity index is 2.20. The summed E-state index contributed by atoms with van der Waals surface area (Å²) in [6.07, 6.45) is 3.84. The van der Waals surface area contributed by atoms with Crippen LogP contribution in [0.5, 0.6) is 5.75 Å². The van der Waals surface area contributed by atoms with Crippen molar-refractivity contribution in [1.82, 2.24) is 0 Å². The Labute approximate surface area is 124 Å². The van der Waals surface area contributed by atoms with Crippen LogP contribution >= 0.6 is 11.3 Å². The highest BCUT2D eigenvalue weighted by Crippen LogP contribution is 2.45. The van der Waals surface area contributed by atoms with E-state index in [1.165, 1.54) is 30.6 Å². The normalized spacial score (nSPS) is 16.9. The molecule has 0 radical (unpaired) electrons. The van der Waals surface area contributed by atoms with Crippen LogP contribution in [0.25, 0.3) is 0 Å². The molecular formula is C15H24N2O2S. The average Bonchev–Trinajstić information content (AvgIpc) is 2.62. The van der Waals surface area contributed by atoms with Crippen LogP contribution in [-0.2, 0) is 0 Å². The molecule has 1 aliphatic rings. The summed E-state index contributed by atoms with van der Waals surface area (Å²) in [5.41, 5.74) is 6.90. The first-order chi connectivity index (χ1) is 9.32. The fraction of sp³-hybridized carbons (Fsp3) is 0.667. The Hall–Kier alpha value is -1.23. The molecule has 0 bridgehead atoms. The number of nitrogen functional groups attached to an aromatic ring is 1. The van der Waals surface area contributed by atoms with Crippen LogP contribution in [0.2, 0.25) is 0 Å². The van der Waals surface area contributed by atoms with Gasteiger partial charge in [-0.25, -0.2) is 0 Å². The number of rotatable bonds is 6. The Kier molecular flexibility index (Phi) is 4.28. The van der Waals surface area contributed by atoms with Crippen LogP contribution in [0.4, 0.5) is 10.7 Å². The first-order valence-corrected chi connectivity index (χ1v) is 7.98. The Morgan fingerprint density at radius 1 is 1.50 bits per heavy atom. The summed E-state index contributed by atoms with van der Waals surface area (Å²) in [5.74, 6) is 0.627. The Bertz CT molecular complexity index is 504. The molecule has 2 rings (SSSR count). The smallest absolute Gasteiger partial charge is 0.177 e. The Morgan fingerprint density at radius 2 is 2.15 bits per heavy atom. The maximum Gasteiger partial charge on any atom is 0.177 e. The fourth-order valence-electron chi connectivity index (χ4n) is 2.41. The van der Waals surface area contributed by atoms with Gasteiger partial charge in [0.05, 0.1) is 16.7 Å². The number of carbonyl (C=O) groups excluding carboxylic acids is 1. The predicted octanol–water partition coefficient (Wildman–Crippen LogP) is 3.92. The molecule has 1 fully saturated rings. The van der Waals surface area contributed by atoms with E-state index < -0.39 is 0 Å². The molecule has 1 heterocycles. The summed E-state index contributed by atoms with van der Waals surface area (Å²) in [6, 6.07) is 0. The minimum absolute atomic E-state index is 0.0102. The van der Waals surface area contributed by atoms with Gasteiger partial charge in [0, 0.05) is 13.5 Å². The summed E-state index contributed by atoms with van der Waals surface area (Å²) in [4.78, 5) is 12.2. The summed E-state index contributed by atoms with van der Waals surface area (Å²) in [6.45, 7) is 8.65. The van der Waals surface area contributed by atoms with Crippen molar-refractivity contribution in [3.63, 3.8) is 0 Å². The van der Waals surface area contributed by atoms with Crippen molar-refractivity contribution in [3.8, 4) is 5.75 Å². The molecule has 1 aromatic rings. The van der Waals surface area contributed by atoms with Crippen LogP contribution in [0.3, 0.4) is 0 Å². The molecule has 3 N–H and O–H groups in total. The standard InChI is InChI=1S/C15H24N2O2S/c1-9(2)19-12-11(16)13(10(3)18)20-14(12)17-8-15(4)6-5-7-15/h9,17H,5-8,16H2,1-4H3. The second-order valence-electron chi connectivity index (χ2n) is 6.24. The maximum absolute atomic E-state index is 11.6. The van der Waals surface area contributed by atoms with Gasteiger partial charge < -0.3 is 15.8 Å². The molecule has 0 spiro atoms. The van der Waals surface area contributed by atoms with Crippen molar-refractivity contribution >= 4 is 27.8 Å². The lowest BCUT2D eigenvalue weighted by Crippen LogP contribution is -2.33. The third-order valence-corrected chi connectivity index (χ3v) is 5.05. The van der Waals surface area contributed by atoms with E-state index in [0.29, 0.717) is 21.7 Å². The van der Waals surface area contributed by atoms with E-state index in [1.807, 2.05) is 13.8 Å². The van der Waals surface area contributed by atoms with Gasteiger partial charge in [-0.3, -0.25) is 4.79 Å². The largest absolute Gasteiger partial charge is 0.486 e. The number of ether oxygens (including phenoxy) is 1. The number of nitrogens with two attached hydrogens (primary N) is 1. The van der Waals surface area contributed by atoms with Gasteiger partial charge >= 0.3 is 0 Å². The van der Waals surface area contributed by atoms with Crippen LogP contribution in [0.1, 0.15) is 56.6 Å². The van der Waals surface area contributed by atoms with Crippen LogP contribution in [0, 0.1) is 5.41 Å². The maximum atomic E-state index is 11.6. The third kappa shape index (κ3) is 3.08. The summed E-state index contributed by atoms with van der Waals surface area (Å²) in [7, 11) is 0. The second-order valence-corrected chi connectivity index (χ2v) is 7.26. The van der Waals surface area contributed by atoms with Crippen LogP contribution in [0.15, 0.2) is 0 Å². The lowest BCUT2D eigenvalue weighted by Gasteiger charge is -2.38. The Morgan fingerprint density at radius 3 is 2.60 bits per heavy atom. The van der Waals surface area contributed by atoms with Gasteiger partial charge in [0.1, 0.15) is 5.00 Å². The van der Waals surface area contributed by atoms with Crippen molar-refractivity contribution in [2.45, 2.75) is 53.1 Å². The zero-order valence-electron chi connectivity index (χ0n) is 12.7. The highest BCUT2D eigenvalue weighted by Gasteiger charge is 2.32. The molecule has 0 unspecified atom stereocenters. The molecule has 1 aliphatic carbocycles. The summed E-state index contributed by atoms with van der Waals surface area (Å²) < 4.78 is 5.79. The average molecular weight is 296 g/mol. The molecule has 0 atom stereocenters. The molecule has 112 valence electrons. The number of hydrogen-bond donors (Lipinski definition) is 2. The van der Waals surface area contributed by atoms with Gasteiger partial charge in [-0.15, -0.1) is 11.3 Å². The van der Waals surface area contributed by atoms with Crippen molar-refractivity contribution < 1.29 is 9.53 Å². The van der Waals surface area contributed by atoms with E-state index in [2.05, 4.69) is 12.2 Å². The predicted molar refractivity (Wildman–Crippen MR) is 84.9 cm³/mol. The van der Waals surface area contributed by atoms with Crippen LogP contribution in [-0.4, -0.2) is 18.4 Å². The van der Waals surface area contributed by atoms with E-state index >= 15 is 0 Å². The quantitative estimate of drug-likeness (QED) is 0.781. The third-order valence-electron chi connectivity index (χ3n) is 3.81. The lowest BCUT2D eigenvalue weighted by atomic mass is 9.70. The summed E-state index contributed by atoms with van der Waals surface area (Å²) in [5, 5.41) is 4.32. The van der Waals surface area contributed by atoms with E-state index in [1.54, 1.807) is 6.92 Å². The number of Topliss-reactive ketones (excluding diaryl/α,β-unsaturated/α-hetero) is 1. The van der Waals surface area contributed by atoms with Gasteiger partial charge in [0.15, 0.2) is 11.5 Å². The zero-order valence-corrected chi connectivity index (χ0v) is 13.5. The second kappa shape index (κ2) is 5.64. The number of nitrogens with one attached hydrogen (secondary N) is 1. The van der Waals surface area contributed by atoms with E-state index in [9.17, 15) is 4.79 Å². The number of ketones is 1. The van der Waals surface area contributed by atoms with E-state index in [0.717, 1.165) is 11.5 Å². The molecule has 0 saturated heterocycles. The highest BCUT2D eigenvalue weighted by molar-refractivity contribution is 7.19. The topological polar surface area (TPSA) is 64.3 Å². The van der Waals surface area contributed by atoms with Gasteiger partial charge in [-0.1, -0.05) is 13.3 Å². The van der Waals surface area contributed by atoms with Crippen molar-refractivity contribution in [2.24, 2.45) is 5.41 Å². The summed E-state index contributed by atoms with van der Waals surface area (Å²) >= 11 is 1.40. The van der Waals surface area contributed by atoms with Crippen LogP contribution < -0.4 is 15.8 Å². The highest BCUT2D eigenvalue weighted by atomic mass is 32.1. The van der Waals surface area contributed by atoms with E-state index in [4.69, 9.17) is 10.5 Å². The molecule has 0 aromatic carbocycles. The first-order valence-electron chi connectivity index (χ1n) is 7.16.